The largest absolute Gasteiger partial charge is 0.477 e. The first-order chi connectivity index (χ1) is 31.1. The second-order valence-electron chi connectivity index (χ2n) is 17.3. The maximum absolute atomic E-state index is 12.8. The number of unbranched alkanes of at least 4 members (excludes halogenated alkanes) is 11. The van der Waals surface area contributed by atoms with E-state index in [9.17, 15) is 19.5 Å². The first kappa shape index (κ1) is 60.0. The Kier molecular flexibility index (Phi) is 42.7. The fourth-order valence-corrected chi connectivity index (χ4v) is 6.58. The molecule has 0 aliphatic rings. The molecule has 0 saturated heterocycles. The Balaban J connectivity index is 4.38. The van der Waals surface area contributed by atoms with E-state index in [1.54, 1.807) is 0 Å². The van der Waals surface area contributed by atoms with Crippen LogP contribution in [0.2, 0.25) is 0 Å². The van der Waals surface area contributed by atoms with Gasteiger partial charge in [0.05, 0.1) is 34.4 Å². The molecule has 8 nitrogen and oxygen atoms in total. The molecule has 1 N–H and O–H groups in total. The third-order valence-corrected chi connectivity index (χ3v) is 10.4. The van der Waals surface area contributed by atoms with Crippen molar-refractivity contribution in [2.75, 3.05) is 41.0 Å². The summed E-state index contributed by atoms with van der Waals surface area (Å²) in [6.07, 6.45) is 62.8. The first-order valence-corrected chi connectivity index (χ1v) is 24.9. The monoisotopic (exact) mass is 891 g/mol. The van der Waals surface area contributed by atoms with Crippen LogP contribution in [0.3, 0.4) is 0 Å². The summed E-state index contributed by atoms with van der Waals surface area (Å²) in [7, 11) is 5.50. The number of carboxylic acid groups (broad SMARTS) is 1. The predicted octanol–water partition coefficient (Wildman–Crippen LogP) is 14.4. The topological polar surface area (TPSA) is 99.1 Å². The van der Waals surface area contributed by atoms with E-state index in [0.717, 1.165) is 89.9 Å². The van der Waals surface area contributed by atoms with Gasteiger partial charge in [-0.1, -0.05) is 168 Å². The van der Waals surface area contributed by atoms with Crippen molar-refractivity contribution in [2.24, 2.45) is 0 Å². The summed E-state index contributed by atoms with van der Waals surface area (Å²) in [4.78, 5) is 37.1. The normalized spacial score (nSPS) is 13.8. The van der Waals surface area contributed by atoms with Gasteiger partial charge in [-0.3, -0.25) is 9.59 Å². The Labute approximate surface area is 391 Å². The standard InChI is InChI=1S/C56H91NO7/c1-6-8-10-12-14-16-18-20-22-24-25-26-27-28-29-31-32-34-36-38-40-42-44-46-54(58)63-51-52(50-62-49-48-53(56(60)61)57(3,4)5)64-55(59)47-45-43-41-39-37-35-33-30-23-21-19-17-15-13-11-9-7-2/h8,10,14-17,20-23,25-26,28-29,33,35,39,41,52-53H,6-7,9,11-13,18-19,24,27,30-32,34,36-38,40,42-51H2,1-5H3/p+1/b10-8+,16-14+,17-15+,22-20+,23-21+,26-25+,29-28+,35-33+,41-39+. The Morgan fingerprint density at radius 2 is 0.891 bits per heavy atom. The lowest BCUT2D eigenvalue weighted by atomic mass is 10.1. The minimum atomic E-state index is -0.889. The Bertz CT molecular complexity index is 1410. The van der Waals surface area contributed by atoms with Gasteiger partial charge in [-0.15, -0.1) is 0 Å². The number of ether oxygens (including phenoxy) is 3. The lowest BCUT2D eigenvalue weighted by Gasteiger charge is -2.31. The summed E-state index contributed by atoms with van der Waals surface area (Å²) in [5, 5.41) is 9.65. The molecule has 0 amide bonds. The minimum absolute atomic E-state index is 0.0285. The number of carbonyl (C=O) groups is 3. The number of aliphatic carboxylic acids is 1. The average molecular weight is 891 g/mol. The Morgan fingerprint density at radius 3 is 1.34 bits per heavy atom. The maximum atomic E-state index is 12.8. The van der Waals surface area contributed by atoms with Gasteiger partial charge in [0, 0.05) is 19.3 Å². The molecule has 0 rings (SSSR count). The molecular formula is C56H92NO7+. The molecule has 0 bridgehead atoms. The highest BCUT2D eigenvalue weighted by atomic mass is 16.6. The van der Waals surface area contributed by atoms with Crippen molar-refractivity contribution in [3.8, 4) is 0 Å². The molecule has 2 atom stereocenters. The quantitative estimate of drug-likeness (QED) is 0.0282. The fraction of sp³-hybridized carbons (Fsp3) is 0.625. The molecule has 0 heterocycles. The molecule has 0 aromatic carbocycles. The summed E-state index contributed by atoms with van der Waals surface area (Å²) in [6, 6.07) is -0.633. The van der Waals surface area contributed by atoms with Gasteiger partial charge >= 0.3 is 17.9 Å². The summed E-state index contributed by atoms with van der Waals surface area (Å²) < 4.78 is 17.3. The van der Waals surface area contributed by atoms with Crippen LogP contribution in [0.25, 0.3) is 0 Å². The van der Waals surface area contributed by atoms with Crippen molar-refractivity contribution in [1.29, 1.82) is 0 Å². The number of carbonyl (C=O) groups excluding carboxylic acids is 2. The van der Waals surface area contributed by atoms with E-state index in [4.69, 9.17) is 14.2 Å². The van der Waals surface area contributed by atoms with Gasteiger partial charge in [-0.25, -0.2) is 4.79 Å². The molecule has 2 unspecified atom stereocenters. The van der Waals surface area contributed by atoms with Gasteiger partial charge < -0.3 is 23.8 Å². The van der Waals surface area contributed by atoms with Crippen LogP contribution in [0.15, 0.2) is 109 Å². The Morgan fingerprint density at radius 1 is 0.484 bits per heavy atom. The molecule has 0 aromatic heterocycles. The van der Waals surface area contributed by atoms with Gasteiger partial charge in [0.2, 0.25) is 0 Å². The summed E-state index contributed by atoms with van der Waals surface area (Å²) in [5.74, 6) is -1.57. The number of nitrogens with zero attached hydrogens (tertiary/aromatic N) is 1. The van der Waals surface area contributed by atoms with E-state index in [1.165, 1.54) is 44.9 Å². The van der Waals surface area contributed by atoms with Crippen LogP contribution in [0.5, 0.6) is 0 Å². The lowest BCUT2D eigenvalue weighted by Crippen LogP contribution is -2.50. The third-order valence-electron chi connectivity index (χ3n) is 10.4. The van der Waals surface area contributed by atoms with Gasteiger partial charge in [0.15, 0.2) is 12.1 Å². The number of likely N-dealkylation sites (N-methyl/N-ethyl adjacent to an activating group) is 1. The van der Waals surface area contributed by atoms with Crippen LogP contribution in [0.1, 0.15) is 174 Å². The molecule has 0 radical (unpaired) electrons. The predicted molar refractivity (Wildman–Crippen MR) is 270 cm³/mol. The van der Waals surface area contributed by atoms with Crippen LogP contribution in [-0.4, -0.2) is 80.6 Å². The van der Waals surface area contributed by atoms with Crippen LogP contribution < -0.4 is 0 Å². The zero-order chi connectivity index (χ0) is 47.0. The van der Waals surface area contributed by atoms with E-state index in [0.29, 0.717) is 19.3 Å². The number of allylic oxidation sites excluding steroid dienone is 18. The van der Waals surface area contributed by atoms with Crippen LogP contribution >= 0.6 is 0 Å². The second-order valence-corrected chi connectivity index (χ2v) is 17.3. The zero-order valence-electron chi connectivity index (χ0n) is 41.2. The van der Waals surface area contributed by atoms with Crippen molar-refractivity contribution in [1.82, 2.24) is 0 Å². The molecule has 64 heavy (non-hydrogen) atoms. The molecule has 0 saturated carbocycles. The lowest BCUT2D eigenvalue weighted by molar-refractivity contribution is -0.887. The van der Waals surface area contributed by atoms with E-state index < -0.39 is 18.1 Å². The molecular weight excluding hydrogens is 799 g/mol. The summed E-state index contributed by atoms with van der Waals surface area (Å²) in [6.45, 7) is 4.51. The van der Waals surface area contributed by atoms with Gasteiger partial charge in [0.1, 0.15) is 6.61 Å². The van der Waals surface area contributed by atoms with Gasteiger partial charge in [-0.05, 0) is 96.3 Å². The van der Waals surface area contributed by atoms with Gasteiger partial charge in [0.25, 0.3) is 0 Å². The number of hydrogen-bond acceptors (Lipinski definition) is 6. The molecule has 0 aliphatic heterocycles. The number of rotatable bonds is 43. The third kappa shape index (κ3) is 43.3. The van der Waals surface area contributed by atoms with Crippen molar-refractivity contribution in [2.45, 2.75) is 187 Å². The molecule has 362 valence electrons. The van der Waals surface area contributed by atoms with Crippen molar-refractivity contribution < 1.29 is 38.2 Å². The highest BCUT2D eigenvalue weighted by Gasteiger charge is 2.31. The SMILES string of the molecule is CC/C=C/C/C=C/C/C=C/C/C=C/C/C=C/CCCCCCCCCC(=O)OCC(COCCC(C(=O)O)[N+](C)(C)C)OC(=O)CCC/C=C/C/C=C/C/C=C/C/C=C/CCCCC. The first-order valence-electron chi connectivity index (χ1n) is 24.9. The molecule has 0 aromatic rings. The van der Waals surface area contributed by atoms with E-state index in [2.05, 4.69) is 123 Å². The number of carboxylic acids is 1. The van der Waals surface area contributed by atoms with Gasteiger partial charge in [-0.2, -0.15) is 0 Å². The molecule has 0 aliphatic carbocycles. The van der Waals surface area contributed by atoms with E-state index >= 15 is 0 Å². The smallest absolute Gasteiger partial charge is 0.362 e. The van der Waals surface area contributed by atoms with Crippen molar-refractivity contribution >= 4 is 17.9 Å². The van der Waals surface area contributed by atoms with Crippen LogP contribution in [0.4, 0.5) is 0 Å². The molecule has 0 spiro atoms. The van der Waals surface area contributed by atoms with E-state index in [1.807, 2.05) is 21.1 Å². The number of hydrogen-bond donors (Lipinski definition) is 1. The zero-order valence-corrected chi connectivity index (χ0v) is 41.2. The highest BCUT2D eigenvalue weighted by Crippen LogP contribution is 2.13. The van der Waals surface area contributed by atoms with Crippen LogP contribution in [0, 0.1) is 0 Å². The Hall–Kier alpha value is -4.01. The minimum Gasteiger partial charge on any atom is -0.477 e. The fourth-order valence-electron chi connectivity index (χ4n) is 6.58. The average Bonchev–Trinajstić information content (AvgIpc) is 3.26. The maximum Gasteiger partial charge on any atom is 0.362 e. The van der Waals surface area contributed by atoms with Crippen LogP contribution in [-0.2, 0) is 28.6 Å². The highest BCUT2D eigenvalue weighted by molar-refractivity contribution is 5.72. The van der Waals surface area contributed by atoms with Crippen molar-refractivity contribution in [3.63, 3.8) is 0 Å². The van der Waals surface area contributed by atoms with E-state index in [-0.39, 0.29) is 42.7 Å². The second kappa shape index (κ2) is 45.6. The molecule has 8 heteroatoms. The number of quaternary nitrogens is 1. The molecule has 0 fully saturated rings. The summed E-state index contributed by atoms with van der Waals surface area (Å²) in [5.41, 5.74) is 0. The van der Waals surface area contributed by atoms with Crippen molar-refractivity contribution in [3.05, 3.63) is 109 Å². The summed E-state index contributed by atoms with van der Waals surface area (Å²) >= 11 is 0. The number of esters is 2.